The molecule has 0 unspecified atom stereocenters. The molecule has 0 heterocycles. The summed E-state index contributed by atoms with van der Waals surface area (Å²) in [5.74, 6) is 0.863. The molecular weight excluding hydrogens is 224 g/mol. The van der Waals surface area contributed by atoms with Gasteiger partial charge in [-0.2, -0.15) is 0 Å². The molecule has 18 heavy (non-hydrogen) atoms. The van der Waals surface area contributed by atoms with Crippen LogP contribution in [0.5, 0.6) is 0 Å². The highest BCUT2D eigenvalue weighted by Crippen LogP contribution is 2.19. The van der Waals surface area contributed by atoms with Gasteiger partial charge in [0, 0.05) is 12.3 Å². The second-order valence-electron chi connectivity index (χ2n) is 5.07. The van der Waals surface area contributed by atoms with Crippen molar-refractivity contribution in [1.82, 2.24) is 0 Å². The van der Waals surface area contributed by atoms with Crippen molar-refractivity contribution >= 4 is 5.78 Å². The number of rotatable bonds is 4. The maximum Gasteiger partial charge on any atom is 0.135 e. The third-order valence-corrected chi connectivity index (χ3v) is 2.76. The van der Waals surface area contributed by atoms with Gasteiger partial charge in [0.15, 0.2) is 0 Å². The minimum Gasteiger partial charge on any atom is -0.388 e. The van der Waals surface area contributed by atoms with Gasteiger partial charge in [0.2, 0.25) is 0 Å². The molecule has 0 aliphatic carbocycles. The normalized spacial score (nSPS) is 12.0. The van der Waals surface area contributed by atoms with E-state index in [4.69, 9.17) is 0 Å². The fraction of sp³-hybridized carbons (Fsp3) is 0.562. The van der Waals surface area contributed by atoms with E-state index in [1.807, 2.05) is 65.0 Å². The van der Waals surface area contributed by atoms with Gasteiger partial charge in [0.1, 0.15) is 5.78 Å². The summed E-state index contributed by atoms with van der Waals surface area (Å²) in [6, 6.07) is 9.74. The van der Waals surface area contributed by atoms with Gasteiger partial charge in [0.05, 0.1) is 6.10 Å². The number of carbonyl (C=O) groups excluding carboxylic acids is 1. The number of carbonyl (C=O) groups is 1. The van der Waals surface area contributed by atoms with E-state index in [0.29, 0.717) is 12.2 Å². The molecule has 0 aliphatic heterocycles. The summed E-state index contributed by atoms with van der Waals surface area (Å²) >= 11 is 0. The maximum absolute atomic E-state index is 10.5. The summed E-state index contributed by atoms with van der Waals surface area (Å²) in [6.45, 7) is 9.76. The van der Waals surface area contributed by atoms with E-state index in [9.17, 15) is 9.90 Å². The number of aliphatic hydroxyl groups excluding tert-OH is 1. The van der Waals surface area contributed by atoms with E-state index >= 15 is 0 Å². The van der Waals surface area contributed by atoms with Gasteiger partial charge in [-0.15, -0.1) is 0 Å². The van der Waals surface area contributed by atoms with Crippen LogP contribution in [0, 0.1) is 11.8 Å². The van der Waals surface area contributed by atoms with Gasteiger partial charge in [-0.1, -0.05) is 65.0 Å². The molecule has 0 aromatic heterocycles. The van der Waals surface area contributed by atoms with Crippen molar-refractivity contribution in [3.63, 3.8) is 0 Å². The molecule has 2 heteroatoms. The molecule has 0 amide bonds. The van der Waals surface area contributed by atoms with E-state index in [0.717, 1.165) is 5.56 Å². The van der Waals surface area contributed by atoms with Crippen LogP contribution in [0.15, 0.2) is 30.3 Å². The minimum atomic E-state index is -0.323. The topological polar surface area (TPSA) is 37.3 Å². The van der Waals surface area contributed by atoms with Crippen molar-refractivity contribution < 1.29 is 9.90 Å². The van der Waals surface area contributed by atoms with Gasteiger partial charge >= 0.3 is 0 Å². The zero-order chi connectivity index (χ0) is 14.1. The van der Waals surface area contributed by atoms with E-state index in [2.05, 4.69) is 0 Å². The number of hydrogen-bond donors (Lipinski definition) is 1. The van der Waals surface area contributed by atoms with Crippen molar-refractivity contribution in [1.29, 1.82) is 0 Å². The molecule has 0 saturated carbocycles. The second kappa shape index (κ2) is 8.87. The Morgan fingerprint density at radius 2 is 1.61 bits per heavy atom. The average molecular weight is 250 g/mol. The SMILES string of the molecule is CC(C)[C@@H](O)c1ccccc1.CCC(=O)C(C)C. The number of Topliss-reactive ketones (excluding diaryl/α,β-unsaturated/α-hetero) is 1. The first-order valence-corrected chi connectivity index (χ1v) is 6.65. The number of aliphatic hydroxyl groups is 1. The Morgan fingerprint density at radius 1 is 1.11 bits per heavy atom. The van der Waals surface area contributed by atoms with Crippen LogP contribution in [0.4, 0.5) is 0 Å². The van der Waals surface area contributed by atoms with Crippen molar-refractivity contribution in [2.24, 2.45) is 11.8 Å². The number of hydrogen-bond acceptors (Lipinski definition) is 2. The van der Waals surface area contributed by atoms with Gasteiger partial charge in [-0.3, -0.25) is 4.79 Å². The zero-order valence-corrected chi connectivity index (χ0v) is 12.2. The van der Waals surface area contributed by atoms with Crippen LogP contribution in [0.3, 0.4) is 0 Å². The van der Waals surface area contributed by atoms with Crippen LogP contribution in [0.25, 0.3) is 0 Å². The highest BCUT2D eigenvalue weighted by atomic mass is 16.3. The standard InChI is InChI=1S/C10H14O.C6H12O/c1-8(2)10(11)9-6-4-3-5-7-9;1-4-6(7)5(2)3/h3-8,10-11H,1-2H3;5H,4H2,1-3H3/t10-;/m1./s1. The Hall–Kier alpha value is -1.15. The lowest BCUT2D eigenvalue weighted by Crippen LogP contribution is -2.04. The molecule has 0 aliphatic rings. The third-order valence-electron chi connectivity index (χ3n) is 2.76. The fourth-order valence-corrected chi connectivity index (χ4v) is 1.44. The Balaban J connectivity index is 0.000000360. The summed E-state index contributed by atoms with van der Waals surface area (Å²) in [7, 11) is 0. The Labute approximate surface area is 111 Å². The molecule has 2 nitrogen and oxygen atoms in total. The minimum absolute atomic E-state index is 0.227. The van der Waals surface area contributed by atoms with Crippen LogP contribution >= 0.6 is 0 Å². The monoisotopic (exact) mass is 250 g/mol. The first-order chi connectivity index (χ1) is 8.40. The number of benzene rings is 1. The van der Waals surface area contributed by atoms with Crippen LogP contribution < -0.4 is 0 Å². The van der Waals surface area contributed by atoms with E-state index in [-0.39, 0.29) is 17.9 Å². The molecular formula is C16H26O2. The van der Waals surface area contributed by atoms with Crippen molar-refractivity contribution in [2.45, 2.75) is 47.1 Å². The van der Waals surface area contributed by atoms with Gasteiger partial charge in [-0.05, 0) is 11.5 Å². The lowest BCUT2D eigenvalue weighted by molar-refractivity contribution is -0.121. The molecule has 1 N–H and O–H groups in total. The molecule has 0 spiro atoms. The molecule has 1 rings (SSSR count). The largest absolute Gasteiger partial charge is 0.388 e. The lowest BCUT2D eigenvalue weighted by Gasteiger charge is -2.13. The van der Waals surface area contributed by atoms with Gasteiger partial charge in [0.25, 0.3) is 0 Å². The summed E-state index contributed by atoms with van der Waals surface area (Å²) in [6.07, 6.45) is 0.355. The summed E-state index contributed by atoms with van der Waals surface area (Å²) < 4.78 is 0. The summed E-state index contributed by atoms with van der Waals surface area (Å²) in [5.41, 5.74) is 1.00. The van der Waals surface area contributed by atoms with Gasteiger partial charge < -0.3 is 5.11 Å². The maximum atomic E-state index is 10.5. The first-order valence-electron chi connectivity index (χ1n) is 6.65. The van der Waals surface area contributed by atoms with Gasteiger partial charge in [-0.25, -0.2) is 0 Å². The highest BCUT2D eigenvalue weighted by Gasteiger charge is 2.09. The first kappa shape index (κ1) is 16.9. The van der Waals surface area contributed by atoms with E-state index in [1.54, 1.807) is 0 Å². The molecule has 0 fully saturated rings. The molecule has 1 aromatic carbocycles. The Kier molecular flexibility index (Phi) is 8.30. The third kappa shape index (κ3) is 6.55. The highest BCUT2D eigenvalue weighted by molar-refractivity contribution is 5.79. The smallest absolute Gasteiger partial charge is 0.135 e. The van der Waals surface area contributed by atoms with Crippen molar-refractivity contribution in [3.8, 4) is 0 Å². The lowest BCUT2D eigenvalue weighted by atomic mass is 10.00. The molecule has 1 atom stereocenters. The molecule has 102 valence electrons. The van der Waals surface area contributed by atoms with E-state index in [1.165, 1.54) is 0 Å². The van der Waals surface area contributed by atoms with Crippen LogP contribution in [0.1, 0.15) is 52.7 Å². The van der Waals surface area contributed by atoms with Crippen molar-refractivity contribution in [2.75, 3.05) is 0 Å². The predicted octanol–water partition coefficient (Wildman–Crippen LogP) is 4.00. The van der Waals surface area contributed by atoms with Crippen molar-refractivity contribution in [3.05, 3.63) is 35.9 Å². The fourth-order valence-electron chi connectivity index (χ4n) is 1.44. The molecule has 0 radical (unpaired) electrons. The molecule has 0 bridgehead atoms. The van der Waals surface area contributed by atoms with Crippen LogP contribution in [-0.4, -0.2) is 10.9 Å². The summed E-state index contributed by atoms with van der Waals surface area (Å²) in [4.78, 5) is 10.5. The quantitative estimate of drug-likeness (QED) is 0.877. The number of ketones is 1. The second-order valence-corrected chi connectivity index (χ2v) is 5.07. The molecule has 0 saturated heterocycles. The predicted molar refractivity (Wildman–Crippen MR) is 76.4 cm³/mol. The summed E-state index contributed by atoms with van der Waals surface area (Å²) in [5, 5.41) is 9.60. The van der Waals surface area contributed by atoms with Crippen LogP contribution in [0.2, 0.25) is 0 Å². The van der Waals surface area contributed by atoms with Crippen LogP contribution in [-0.2, 0) is 4.79 Å². The average Bonchev–Trinajstić information content (AvgIpc) is 2.38. The molecule has 1 aromatic rings. The zero-order valence-electron chi connectivity index (χ0n) is 12.2. The Morgan fingerprint density at radius 3 is 1.89 bits per heavy atom. The Bertz CT molecular complexity index is 328. The van der Waals surface area contributed by atoms with E-state index < -0.39 is 0 Å².